The van der Waals surface area contributed by atoms with Crippen LogP contribution in [0.15, 0.2) is 59.1 Å². The number of oxazole rings is 1. The van der Waals surface area contributed by atoms with Crippen LogP contribution in [0.5, 0.6) is 11.5 Å². The Hall–Kier alpha value is -3.32. The minimum Gasteiger partial charge on any atom is -0.497 e. The zero-order valence-electron chi connectivity index (χ0n) is 19.3. The first-order chi connectivity index (χ1) is 16.2. The Morgan fingerprint density at radius 2 is 1.82 bits per heavy atom. The second kappa shape index (κ2) is 11.0. The number of rotatable bonds is 9. The minimum absolute atomic E-state index is 0.198. The molecule has 7 nitrogen and oxygen atoms in total. The highest BCUT2D eigenvalue weighted by Crippen LogP contribution is 2.26. The van der Waals surface area contributed by atoms with Gasteiger partial charge in [0.25, 0.3) is 0 Å². The maximum Gasteiger partial charge on any atom is 0.222 e. The first kappa shape index (κ1) is 22.9. The van der Waals surface area contributed by atoms with Gasteiger partial charge in [0.1, 0.15) is 11.5 Å². The van der Waals surface area contributed by atoms with Crippen molar-refractivity contribution in [1.82, 2.24) is 14.8 Å². The maximum atomic E-state index is 12.7. The standard InChI is InChI=1S/C26H31N3O4/c1-31-22-11-12-23(32-2)21(17-22)19-28-13-15-29(16-14-28)26(30)10-6-9-25-27-18-24(33-25)20-7-4-3-5-8-20/h3-5,7-8,11-12,17-18H,6,9-10,13-16,19H2,1-2H3. The third-order valence-corrected chi connectivity index (χ3v) is 6.00. The minimum atomic E-state index is 0.198. The van der Waals surface area contributed by atoms with Crippen LogP contribution in [0.3, 0.4) is 0 Å². The Kier molecular flexibility index (Phi) is 7.62. The molecule has 33 heavy (non-hydrogen) atoms. The highest BCUT2D eigenvalue weighted by molar-refractivity contribution is 5.76. The zero-order valence-corrected chi connectivity index (χ0v) is 19.3. The van der Waals surface area contributed by atoms with Gasteiger partial charge in [0.2, 0.25) is 5.91 Å². The summed E-state index contributed by atoms with van der Waals surface area (Å²) in [4.78, 5) is 21.4. The molecule has 0 saturated carbocycles. The third kappa shape index (κ3) is 5.93. The van der Waals surface area contributed by atoms with Gasteiger partial charge in [-0.1, -0.05) is 30.3 Å². The second-order valence-electron chi connectivity index (χ2n) is 8.17. The van der Waals surface area contributed by atoms with Crippen molar-refractivity contribution in [2.45, 2.75) is 25.8 Å². The Morgan fingerprint density at radius 3 is 2.55 bits per heavy atom. The molecule has 1 aromatic heterocycles. The fraction of sp³-hybridized carbons (Fsp3) is 0.385. The van der Waals surface area contributed by atoms with E-state index in [2.05, 4.69) is 9.88 Å². The van der Waals surface area contributed by atoms with Crippen LogP contribution in [-0.4, -0.2) is 61.1 Å². The number of ether oxygens (including phenoxy) is 2. The lowest BCUT2D eigenvalue weighted by atomic mass is 10.1. The third-order valence-electron chi connectivity index (χ3n) is 6.00. The summed E-state index contributed by atoms with van der Waals surface area (Å²) in [5.74, 6) is 3.32. The molecule has 0 bridgehead atoms. The Bertz CT molecular complexity index is 1040. The van der Waals surface area contributed by atoms with E-state index in [0.717, 1.165) is 67.5 Å². The molecular weight excluding hydrogens is 418 g/mol. The van der Waals surface area contributed by atoms with Crippen LogP contribution in [0.2, 0.25) is 0 Å². The number of carbonyl (C=O) groups is 1. The molecule has 0 spiro atoms. The lowest BCUT2D eigenvalue weighted by Gasteiger charge is -2.35. The highest BCUT2D eigenvalue weighted by atomic mass is 16.5. The van der Waals surface area contributed by atoms with Gasteiger partial charge in [-0.15, -0.1) is 0 Å². The highest BCUT2D eigenvalue weighted by Gasteiger charge is 2.22. The fourth-order valence-corrected chi connectivity index (χ4v) is 4.11. The number of nitrogens with zero attached hydrogens (tertiary/aromatic N) is 3. The Balaban J connectivity index is 1.21. The average Bonchev–Trinajstić information content (AvgIpc) is 3.34. The molecule has 0 aliphatic carbocycles. The van der Waals surface area contributed by atoms with Gasteiger partial charge in [-0.3, -0.25) is 9.69 Å². The Labute approximate surface area is 194 Å². The second-order valence-corrected chi connectivity index (χ2v) is 8.17. The van der Waals surface area contributed by atoms with Crippen LogP contribution >= 0.6 is 0 Å². The van der Waals surface area contributed by atoms with Crippen LogP contribution in [0, 0.1) is 0 Å². The molecule has 1 amide bonds. The van der Waals surface area contributed by atoms with Crippen molar-refractivity contribution in [1.29, 1.82) is 0 Å². The zero-order chi connectivity index (χ0) is 23.0. The monoisotopic (exact) mass is 449 g/mol. The number of hydrogen-bond acceptors (Lipinski definition) is 6. The van der Waals surface area contributed by atoms with Gasteiger partial charge < -0.3 is 18.8 Å². The molecule has 0 radical (unpaired) electrons. The van der Waals surface area contributed by atoms with Crippen molar-refractivity contribution in [2.24, 2.45) is 0 Å². The summed E-state index contributed by atoms with van der Waals surface area (Å²) in [5.41, 5.74) is 2.11. The fourth-order valence-electron chi connectivity index (χ4n) is 4.11. The largest absolute Gasteiger partial charge is 0.497 e. The number of carbonyl (C=O) groups excluding carboxylic acids is 1. The summed E-state index contributed by atoms with van der Waals surface area (Å²) < 4.78 is 16.7. The number of aryl methyl sites for hydroxylation is 1. The number of methoxy groups -OCH3 is 2. The van der Waals surface area contributed by atoms with Crippen LogP contribution in [0.1, 0.15) is 24.3 Å². The first-order valence-corrected chi connectivity index (χ1v) is 11.4. The summed E-state index contributed by atoms with van der Waals surface area (Å²) >= 11 is 0. The summed E-state index contributed by atoms with van der Waals surface area (Å²) in [6, 6.07) is 15.8. The van der Waals surface area contributed by atoms with Gasteiger partial charge in [-0.25, -0.2) is 4.98 Å². The van der Waals surface area contributed by atoms with Gasteiger partial charge in [-0.2, -0.15) is 0 Å². The molecule has 2 aromatic carbocycles. The first-order valence-electron chi connectivity index (χ1n) is 11.4. The van der Waals surface area contributed by atoms with E-state index >= 15 is 0 Å². The predicted octanol–water partition coefficient (Wildman–Crippen LogP) is 4.03. The van der Waals surface area contributed by atoms with Crippen molar-refractivity contribution in [3.63, 3.8) is 0 Å². The molecule has 4 rings (SSSR count). The van der Waals surface area contributed by atoms with Crippen molar-refractivity contribution >= 4 is 5.91 Å². The average molecular weight is 450 g/mol. The van der Waals surface area contributed by atoms with E-state index in [1.807, 2.05) is 53.4 Å². The van der Waals surface area contributed by atoms with E-state index < -0.39 is 0 Å². The molecule has 0 atom stereocenters. The maximum absolute atomic E-state index is 12.7. The number of hydrogen-bond donors (Lipinski definition) is 0. The topological polar surface area (TPSA) is 68.0 Å². The number of aromatic nitrogens is 1. The molecule has 0 N–H and O–H groups in total. The summed E-state index contributed by atoms with van der Waals surface area (Å²) in [6.45, 7) is 3.93. The van der Waals surface area contributed by atoms with Crippen LogP contribution in [0.25, 0.3) is 11.3 Å². The van der Waals surface area contributed by atoms with Crippen LogP contribution in [0.4, 0.5) is 0 Å². The number of amides is 1. The van der Waals surface area contributed by atoms with E-state index in [4.69, 9.17) is 13.9 Å². The molecule has 7 heteroatoms. The molecule has 1 fully saturated rings. The van der Waals surface area contributed by atoms with E-state index in [9.17, 15) is 4.79 Å². The van der Waals surface area contributed by atoms with Gasteiger partial charge in [0.05, 0.1) is 20.4 Å². The molecule has 2 heterocycles. The van der Waals surface area contributed by atoms with E-state index in [0.29, 0.717) is 18.7 Å². The molecular formula is C26H31N3O4. The summed E-state index contributed by atoms with van der Waals surface area (Å²) in [6.07, 6.45) is 3.65. The van der Waals surface area contributed by atoms with E-state index in [1.54, 1.807) is 20.4 Å². The van der Waals surface area contributed by atoms with Crippen LogP contribution < -0.4 is 9.47 Å². The van der Waals surface area contributed by atoms with Gasteiger partial charge >= 0.3 is 0 Å². The van der Waals surface area contributed by atoms with Crippen LogP contribution in [-0.2, 0) is 17.8 Å². The normalized spacial score (nSPS) is 14.3. The molecule has 1 aliphatic rings. The van der Waals surface area contributed by atoms with Crippen molar-refractivity contribution in [3.05, 3.63) is 66.2 Å². The van der Waals surface area contributed by atoms with Crippen molar-refractivity contribution in [2.75, 3.05) is 40.4 Å². The number of piperazine rings is 1. The lowest BCUT2D eigenvalue weighted by Crippen LogP contribution is -2.48. The summed E-state index contributed by atoms with van der Waals surface area (Å²) in [7, 11) is 3.35. The molecule has 0 unspecified atom stereocenters. The van der Waals surface area contributed by atoms with Gasteiger partial charge in [-0.05, 0) is 24.6 Å². The van der Waals surface area contributed by atoms with Crippen molar-refractivity contribution < 1.29 is 18.7 Å². The van der Waals surface area contributed by atoms with Gasteiger partial charge in [0.15, 0.2) is 11.7 Å². The summed E-state index contributed by atoms with van der Waals surface area (Å²) in [5, 5.41) is 0. The van der Waals surface area contributed by atoms with E-state index in [-0.39, 0.29) is 5.91 Å². The molecule has 1 saturated heterocycles. The molecule has 1 aliphatic heterocycles. The quantitative estimate of drug-likeness (QED) is 0.491. The Morgan fingerprint density at radius 1 is 1.03 bits per heavy atom. The number of benzene rings is 2. The van der Waals surface area contributed by atoms with E-state index in [1.165, 1.54) is 0 Å². The molecule has 3 aromatic rings. The SMILES string of the molecule is COc1ccc(OC)c(CN2CCN(C(=O)CCCc3ncc(-c4ccccc4)o3)CC2)c1. The van der Waals surface area contributed by atoms with Crippen molar-refractivity contribution in [3.8, 4) is 22.8 Å². The molecule has 174 valence electrons. The smallest absolute Gasteiger partial charge is 0.222 e. The van der Waals surface area contributed by atoms with Gasteiger partial charge in [0, 0.05) is 56.7 Å². The predicted molar refractivity (Wildman–Crippen MR) is 126 cm³/mol. The lowest BCUT2D eigenvalue weighted by molar-refractivity contribution is -0.133.